The number of nitrogens with zero attached hydrogens (tertiary/aromatic N) is 1. The Kier molecular flexibility index (Phi) is 56.6. The lowest BCUT2D eigenvalue weighted by Gasteiger charge is -2.24. The van der Waals surface area contributed by atoms with Gasteiger partial charge in [0.1, 0.15) is 19.8 Å². The molecular weight excluding hydrogens is 966 g/mol. The van der Waals surface area contributed by atoms with Crippen LogP contribution in [0.3, 0.4) is 0 Å². The predicted molar refractivity (Wildman–Crippen MR) is 326 cm³/mol. The van der Waals surface area contributed by atoms with Crippen molar-refractivity contribution in [3.05, 3.63) is 36.5 Å². The van der Waals surface area contributed by atoms with E-state index in [2.05, 4.69) is 50.3 Å². The van der Waals surface area contributed by atoms with E-state index >= 15 is 0 Å². The number of quaternary nitrogens is 1. The van der Waals surface area contributed by atoms with Gasteiger partial charge in [-0.2, -0.15) is 0 Å². The SMILES string of the molecule is CCCCCCC/C=C\C/C=C\C/C=C\CCCCCCCCCCCCCCCCCCCCCCCCC(=O)OC(COC(=O)CCCCCCCCCCCCCCCCC)COP(=O)(O)OCC[N+](C)(C)C. The summed E-state index contributed by atoms with van der Waals surface area (Å²) in [6.45, 7) is 4.47. The molecule has 1 N–H and O–H groups in total. The fraction of sp³-hybridized carbons (Fsp3) is 0.879. The molecule has 0 bridgehead atoms. The summed E-state index contributed by atoms with van der Waals surface area (Å²) in [6.07, 6.45) is 72.5. The molecule has 0 aliphatic rings. The molecule has 0 aliphatic heterocycles. The minimum absolute atomic E-state index is 0.0352. The molecule has 0 aromatic carbocycles. The highest BCUT2D eigenvalue weighted by atomic mass is 31.2. The second-order valence-electron chi connectivity index (χ2n) is 23.5. The third kappa shape index (κ3) is 61.4. The van der Waals surface area contributed by atoms with E-state index in [1.807, 2.05) is 21.1 Å². The van der Waals surface area contributed by atoms with Gasteiger partial charge in [-0.15, -0.1) is 0 Å². The molecule has 0 spiro atoms. The molecule has 0 amide bonds. The lowest BCUT2D eigenvalue weighted by Crippen LogP contribution is -2.37. The number of carbonyl (C=O) groups is 2. The highest BCUT2D eigenvalue weighted by molar-refractivity contribution is 7.47. The third-order valence-corrected chi connectivity index (χ3v) is 15.7. The summed E-state index contributed by atoms with van der Waals surface area (Å²) in [6, 6.07) is 0. The van der Waals surface area contributed by atoms with Crippen molar-refractivity contribution in [2.45, 2.75) is 328 Å². The zero-order valence-electron chi connectivity index (χ0n) is 51.0. The van der Waals surface area contributed by atoms with E-state index in [1.54, 1.807) is 0 Å². The Bertz CT molecular complexity index is 1380. The number of unbranched alkanes of at least 4 members (excludes halogenated alkanes) is 41. The van der Waals surface area contributed by atoms with Gasteiger partial charge in [0.15, 0.2) is 6.10 Å². The molecule has 2 unspecified atom stereocenters. The quantitative estimate of drug-likeness (QED) is 0.0211. The van der Waals surface area contributed by atoms with Crippen molar-refractivity contribution >= 4 is 19.8 Å². The zero-order valence-corrected chi connectivity index (χ0v) is 51.9. The molecular formula is C66H127NO8P+. The number of phosphoric acid groups is 1. The summed E-state index contributed by atoms with van der Waals surface area (Å²) in [5.41, 5.74) is 0. The van der Waals surface area contributed by atoms with Crippen LogP contribution >= 0.6 is 7.82 Å². The molecule has 0 saturated carbocycles. The Morgan fingerprint density at radius 3 is 1.05 bits per heavy atom. The monoisotopic (exact) mass is 1090 g/mol. The predicted octanol–water partition coefficient (Wildman–Crippen LogP) is 20.7. The van der Waals surface area contributed by atoms with Gasteiger partial charge < -0.3 is 18.9 Å². The summed E-state index contributed by atoms with van der Waals surface area (Å²) >= 11 is 0. The standard InChI is InChI=1S/C66H126NO8P/c1-6-8-10-12-14-16-18-20-22-23-24-25-26-27-28-29-30-31-32-33-34-35-36-37-38-39-40-41-42-43-45-47-49-51-53-55-57-59-66(69)75-64(63-74-76(70,71)73-61-60-67(3,4)5)62-72-65(68)58-56-54-52-50-48-46-44-21-19-17-15-13-11-9-7-2/h18,20,23-24,26-27,64H,6-17,19,21-22,25,28-63H2,1-5H3/p+1/b20-18-,24-23-,27-26-. The Morgan fingerprint density at radius 2 is 0.711 bits per heavy atom. The molecule has 448 valence electrons. The number of ether oxygens (including phenoxy) is 2. The van der Waals surface area contributed by atoms with Crippen LogP contribution in [-0.4, -0.2) is 74.9 Å². The molecule has 0 rings (SSSR count). The van der Waals surface area contributed by atoms with Crippen LogP contribution in [0, 0.1) is 0 Å². The molecule has 76 heavy (non-hydrogen) atoms. The van der Waals surface area contributed by atoms with Crippen molar-refractivity contribution in [1.29, 1.82) is 0 Å². The molecule has 0 aromatic rings. The van der Waals surface area contributed by atoms with E-state index < -0.39 is 26.5 Å². The molecule has 0 heterocycles. The van der Waals surface area contributed by atoms with Crippen LogP contribution in [0.4, 0.5) is 0 Å². The van der Waals surface area contributed by atoms with Crippen molar-refractivity contribution in [3.8, 4) is 0 Å². The Balaban J connectivity index is 3.92. The van der Waals surface area contributed by atoms with Crippen LogP contribution in [0.2, 0.25) is 0 Å². The van der Waals surface area contributed by atoms with Gasteiger partial charge in [0.05, 0.1) is 27.7 Å². The van der Waals surface area contributed by atoms with Crippen LogP contribution in [0.1, 0.15) is 322 Å². The number of allylic oxidation sites excluding steroid dienone is 6. The fourth-order valence-corrected chi connectivity index (χ4v) is 10.4. The first-order valence-corrected chi connectivity index (χ1v) is 34.2. The van der Waals surface area contributed by atoms with Crippen LogP contribution in [0.5, 0.6) is 0 Å². The molecule has 0 fully saturated rings. The van der Waals surface area contributed by atoms with Gasteiger partial charge in [-0.25, -0.2) is 4.57 Å². The highest BCUT2D eigenvalue weighted by Gasteiger charge is 2.27. The van der Waals surface area contributed by atoms with Gasteiger partial charge >= 0.3 is 19.8 Å². The van der Waals surface area contributed by atoms with Gasteiger partial charge in [-0.3, -0.25) is 18.6 Å². The van der Waals surface area contributed by atoms with Crippen LogP contribution < -0.4 is 0 Å². The van der Waals surface area contributed by atoms with Crippen molar-refractivity contribution < 1.29 is 42.1 Å². The van der Waals surface area contributed by atoms with E-state index in [9.17, 15) is 19.0 Å². The van der Waals surface area contributed by atoms with Gasteiger partial charge in [0, 0.05) is 12.8 Å². The summed E-state index contributed by atoms with van der Waals surface area (Å²) in [4.78, 5) is 35.7. The Morgan fingerprint density at radius 1 is 0.408 bits per heavy atom. The molecule has 9 nitrogen and oxygen atoms in total. The largest absolute Gasteiger partial charge is 0.472 e. The summed E-state index contributed by atoms with van der Waals surface area (Å²) in [5, 5.41) is 0. The maximum Gasteiger partial charge on any atom is 0.472 e. The smallest absolute Gasteiger partial charge is 0.462 e. The van der Waals surface area contributed by atoms with E-state index in [1.165, 1.54) is 244 Å². The Labute approximate surface area is 471 Å². The van der Waals surface area contributed by atoms with Gasteiger partial charge in [-0.1, -0.05) is 294 Å². The number of rotatable bonds is 61. The van der Waals surface area contributed by atoms with Gasteiger partial charge in [-0.05, 0) is 51.4 Å². The fourth-order valence-electron chi connectivity index (χ4n) is 9.61. The number of esters is 2. The minimum Gasteiger partial charge on any atom is -0.462 e. The van der Waals surface area contributed by atoms with Crippen molar-refractivity contribution in [2.75, 3.05) is 47.5 Å². The summed E-state index contributed by atoms with van der Waals surface area (Å²) in [7, 11) is 1.50. The van der Waals surface area contributed by atoms with Crippen molar-refractivity contribution in [1.82, 2.24) is 0 Å². The van der Waals surface area contributed by atoms with E-state index in [-0.39, 0.29) is 25.6 Å². The van der Waals surface area contributed by atoms with Crippen LogP contribution in [0.15, 0.2) is 36.5 Å². The number of likely N-dealkylation sites (N-methyl/N-ethyl adjacent to an activating group) is 1. The number of hydrogen-bond acceptors (Lipinski definition) is 7. The second-order valence-corrected chi connectivity index (χ2v) is 25.0. The lowest BCUT2D eigenvalue weighted by atomic mass is 10.0. The number of phosphoric ester groups is 1. The number of hydrogen-bond donors (Lipinski definition) is 1. The zero-order chi connectivity index (χ0) is 55.6. The topological polar surface area (TPSA) is 108 Å². The third-order valence-electron chi connectivity index (χ3n) is 14.7. The lowest BCUT2D eigenvalue weighted by molar-refractivity contribution is -0.870. The summed E-state index contributed by atoms with van der Waals surface area (Å²) < 4.78 is 34.6. The molecule has 10 heteroatoms. The first kappa shape index (κ1) is 74.2. The average molecular weight is 1090 g/mol. The summed E-state index contributed by atoms with van der Waals surface area (Å²) in [5.74, 6) is -0.778. The van der Waals surface area contributed by atoms with Crippen LogP contribution in [0.25, 0.3) is 0 Å². The maximum atomic E-state index is 12.8. The van der Waals surface area contributed by atoms with Crippen molar-refractivity contribution in [3.63, 3.8) is 0 Å². The average Bonchev–Trinajstić information content (AvgIpc) is 3.38. The second kappa shape index (κ2) is 57.9. The normalized spacial score (nSPS) is 13.4. The van der Waals surface area contributed by atoms with Crippen LogP contribution in [-0.2, 0) is 32.7 Å². The molecule has 2 atom stereocenters. The van der Waals surface area contributed by atoms with Gasteiger partial charge in [0.2, 0.25) is 0 Å². The van der Waals surface area contributed by atoms with Gasteiger partial charge in [0.25, 0.3) is 0 Å². The highest BCUT2D eigenvalue weighted by Crippen LogP contribution is 2.43. The number of carbonyl (C=O) groups excluding carboxylic acids is 2. The Hall–Kier alpha value is -1.77. The van der Waals surface area contributed by atoms with E-state index in [4.69, 9.17) is 18.5 Å². The van der Waals surface area contributed by atoms with Crippen molar-refractivity contribution in [2.24, 2.45) is 0 Å². The molecule has 0 saturated heterocycles. The first-order valence-electron chi connectivity index (χ1n) is 32.7. The first-order chi connectivity index (χ1) is 37.0. The minimum atomic E-state index is -4.38. The maximum absolute atomic E-state index is 12.8. The molecule has 0 aromatic heterocycles. The van der Waals surface area contributed by atoms with E-state index in [0.29, 0.717) is 23.9 Å². The molecule has 0 aliphatic carbocycles. The van der Waals surface area contributed by atoms with E-state index in [0.717, 1.165) is 44.9 Å². The molecule has 0 radical (unpaired) electrons.